The van der Waals surface area contributed by atoms with Gasteiger partial charge >= 0.3 is 0 Å². The summed E-state index contributed by atoms with van der Waals surface area (Å²) in [7, 11) is 0. The lowest BCUT2D eigenvalue weighted by atomic mass is 9.80. The van der Waals surface area contributed by atoms with Crippen LogP contribution in [-0.4, -0.2) is 41.6 Å². The summed E-state index contributed by atoms with van der Waals surface area (Å²) < 4.78 is 5.77. The molecule has 3 fully saturated rings. The minimum absolute atomic E-state index is 0.234. The molecule has 2 aliphatic carbocycles. The average Bonchev–Trinajstić information content (AvgIpc) is 2.86. The van der Waals surface area contributed by atoms with Crippen LogP contribution in [0.15, 0.2) is 0 Å². The third-order valence-electron chi connectivity index (χ3n) is 5.16. The van der Waals surface area contributed by atoms with Crippen LogP contribution in [0, 0.1) is 0 Å². The normalized spacial score (nSPS) is 34.1. The molecule has 2 N–H and O–H groups in total. The summed E-state index contributed by atoms with van der Waals surface area (Å²) in [5.74, 6) is 0.268. The molecule has 0 bridgehead atoms. The second kappa shape index (κ2) is 5.41. The van der Waals surface area contributed by atoms with E-state index in [2.05, 4.69) is 4.90 Å². The van der Waals surface area contributed by atoms with Gasteiger partial charge in [-0.3, -0.25) is 4.79 Å². The quantitative estimate of drug-likeness (QED) is 0.829. The van der Waals surface area contributed by atoms with Gasteiger partial charge in [-0.2, -0.15) is 0 Å². The van der Waals surface area contributed by atoms with E-state index in [1.807, 2.05) is 0 Å². The van der Waals surface area contributed by atoms with Gasteiger partial charge in [-0.25, -0.2) is 0 Å². The molecule has 2 unspecified atom stereocenters. The number of morpholine rings is 1. The largest absolute Gasteiger partial charge is 0.374 e. The molecule has 4 nitrogen and oxygen atoms in total. The molecule has 1 amide bonds. The van der Waals surface area contributed by atoms with Crippen LogP contribution in [0.2, 0.25) is 0 Å². The Morgan fingerprint density at radius 2 is 2.00 bits per heavy atom. The van der Waals surface area contributed by atoms with E-state index >= 15 is 0 Å². The van der Waals surface area contributed by atoms with E-state index in [0.29, 0.717) is 19.1 Å². The fourth-order valence-electron chi connectivity index (χ4n) is 4.07. The monoisotopic (exact) mass is 266 g/mol. The standard InChI is InChI=1S/C15H26N2O2/c16-15(7-2-1-3-8-15)11-14(18)17-9-10-19-13-6-4-5-12(13)17/h12-13H,1-11,16H2. The van der Waals surface area contributed by atoms with E-state index in [4.69, 9.17) is 10.5 Å². The first-order valence-corrected chi connectivity index (χ1v) is 7.88. The van der Waals surface area contributed by atoms with Crippen molar-refractivity contribution in [2.24, 2.45) is 5.73 Å². The Labute approximate surface area is 115 Å². The van der Waals surface area contributed by atoms with Gasteiger partial charge in [-0.1, -0.05) is 19.3 Å². The summed E-state index contributed by atoms with van der Waals surface area (Å²) in [5, 5.41) is 0. The van der Waals surface area contributed by atoms with E-state index in [-0.39, 0.29) is 17.6 Å². The summed E-state index contributed by atoms with van der Waals surface area (Å²) >= 11 is 0. The van der Waals surface area contributed by atoms with Gasteiger partial charge < -0.3 is 15.4 Å². The number of nitrogens with two attached hydrogens (primary N) is 1. The number of ether oxygens (including phenoxy) is 1. The molecule has 1 aliphatic heterocycles. The van der Waals surface area contributed by atoms with Crippen molar-refractivity contribution in [2.75, 3.05) is 13.2 Å². The Morgan fingerprint density at radius 3 is 2.79 bits per heavy atom. The third kappa shape index (κ3) is 2.79. The van der Waals surface area contributed by atoms with Gasteiger partial charge in [0.1, 0.15) is 0 Å². The second-order valence-corrected chi connectivity index (χ2v) is 6.59. The highest BCUT2D eigenvalue weighted by atomic mass is 16.5. The van der Waals surface area contributed by atoms with Gasteiger partial charge in [0.15, 0.2) is 0 Å². The van der Waals surface area contributed by atoms with Crippen molar-refractivity contribution in [3.63, 3.8) is 0 Å². The molecule has 3 rings (SSSR count). The highest BCUT2D eigenvalue weighted by Crippen LogP contribution is 2.33. The molecule has 1 saturated heterocycles. The Kier molecular flexibility index (Phi) is 3.81. The molecular weight excluding hydrogens is 240 g/mol. The zero-order valence-corrected chi connectivity index (χ0v) is 11.8. The highest BCUT2D eigenvalue weighted by molar-refractivity contribution is 5.78. The second-order valence-electron chi connectivity index (χ2n) is 6.59. The van der Waals surface area contributed by atoms with E-state index < -0.39 is 0 Å². The molecular formula is C15H26N2O2. The van der Waals surface area contributed by atoms with Crippen molar-refractivity contribution < 1.29 is 9.53 Å². The Hall–Kier alpha value is -0.610. The molecule has 108 valence electrons. The topological polar surface area (TPSA) is 55.6 Å². The number of nitrogens with zero attached hydrogens (tertiary/aromatic N) is 1. The first-order chi connectivity index (χ1) is 9.18. The van der Waals surface area contributed by atoms with Gasteiger partial charge in [0.05, 0.1) is 18.8 Å². The molecule has 0 spiro atoms. The maximum Gasteiger partial charge on any atom is 0.224 e. The van der Waals surface area contributed by atoms with Crippen LogP contribution in [-0.2, 0) is 9.53 Å². The van der Waals surface area contributed by atoms with Crippen molar-refractivity contribution in [3.8, 4) is 0 Å². The zero-order chi connectivity index (χ0) is 13.3. The van der Waals surface area contributed by atoms with Gasteiger partial charge in [0.25, 0.3) is 0 Å². The molecule has 19 heavy (non-hydrogen) atoms. The molecule has 0 aromatic heterocycles. The first kappa shape index (κ1) is 13.4. The van der Waals surface area contributed by atoms with Gasteiger partial charge in [0.2, 0.25) is 5.91 Å². The number of hydrogen-bond acceptors (Lipinski definition) is 3. The zero-order valence-electron chi connectivity index (χ0n) is 11.8. The van der Waals surface area contributed by atoms with Crippen LogP contribution in [0.4, 0.5) is 0 Å². The molecule has 2 atom stereocenters. The molecule has 0 aromatic carbocycles. The maximum atomic E-state index is 12.6. The van der Waals surface area contributed by atoms with Crippen LogP contribution in [0.3, 0.4) is 0 Å². The molecule has 0 aromatic rings. The van der Waals surface area contributed by atoms with Crippen molar-refractivity contribution in [1.82, 2.24) is 4.90 Å². The molecule has 4 heteroatoms. The molecule has 1 heterocycles. The maximum absolute atomic E-state index is 12.6. The minimum atomic E-state index is -0.234. The van der Waals surface area contributed by atoms with Crippen LogP contribution < -0.4 is 5.73 Å². The third-order valence-corrected chi connectivity index (χ3v) is 5.16. The minimum Gasteiger partial charge on any atom is -0.374 e. The van der Waals surface area contributed by atoms with E-state index in [1.165, 1.54) is 25.7 Å². The number of carbonyl (C=O) groups excluding carboxylic acids is 1. The van der Waals surface area contributed by atoms with E-state index in [1.54, 1.807) is 0 Å². The van der Waals surface area contributed by atoms with Crippen molar-refractivity contribution in [2.45, 2.75) is 75.5 Å². The Bertz CT molecular complexity index is 339. The lowest BCUT2D eigenvalue weighted by molar-refractivity contribution is -0.145. The predicted molar refractivity (Wildman–Crippen MR) is 73.7 cm³/mol. The van der Waals surface area contributed by atoms with Crippen LogP contribution >= 0.6 is 0 Å². The number of amides is 1. The lowest BCUT2D eigenvalue weighted by Gasteiger charge is -2.40. The van der Waals surface area contributed by atoms with Gasteiger partial charge in [0, 0.05) is 18.5 Å². The fourth-order valence-corrected chi connectivity index (χ4v) is 4.07. The smallest absolute Gasteiger partial charge is 0.224 e. The number of carbonyl (C=O) groups is 1. The predicted octanol–water partition coefficient (Wildman–Crippen LogP) is 1.82. The van der Waals surface area contributed by atoms with Crippen LogP contribution in [0.5, 0.6) is 0 Å². The Morgan fingerprint density at radius 1 is 1.21 bits per heavy atom. The van der Waals surface area contributed by atoms with Crippen molar-refractivity contribution >= 4 is 5.91 Å². The van der Waals surface area contributed by atoms with Crippen LogP contribution in [0.25, 0.3) is 0 Å². The number of rotatable bonds is 2. The SMILES string of the molecule is NC1(CC(=O)N2CCOC3CCCC32)CCCCC1. The average molecular weight is 266 g/mol. The summed E-state index contributed by atoms with van der Waals surface area (Å²) in [6.45, 7) is 1.46. The molecule has 2 saturated carbocycles. The Balaban J connectivity index is 1.62. The van der Waals surface area contributed by atoms with Crippen LogP contribution in [0.1, 0.15) is 57.8 Å². The molecule has 0 radical (unpaired) electrons. The van der Waals surface area contributed by atoms with Crippen molar-refractivity contribution in [3.05, 3.63) is 0 Å². The summed E-state index contributed by atoms with van der Waals surface area (Å²) in [6.07, 6.45) is 9.89. The van der Waals surface area contributed by atoms with Gasteiger partial charge in [-0.15, -0.1) is 0 Å². The van der Waals surface area contributed by atoms with Gasteiger partial charge in [-0.05, 0) is 32.1 Å². The molecule has 3 aliphatic rings. The lowest BCUT2D eigenvalue weighted by Crippen LogP contribution is -2.54. The summed E-state index contributed by atoms with van der Waals surface area (Å²) in [5.41, 5.74) is 6.19. The highest BCUT2D eigenvalue weighted by Gasteiger charge is 2.40. The number of fused-ring (bicyclic) bond motifs is 1. The first-order valence-electron chi connectivity index (χ1n) is 7.88. The fraction of sp³-hybridized carbons (Fsp3) is 0.933. The van der Waals surface area contributed by atoms with E-state index in [0.717, 1.165) is 32.2 Å². The van der Waals surface area contributed by atoms with E-state index in [9.17, 15) is 4.79 Å². The number of hydrogen-bond donors (Lipinski definition) is 1. The summed E-state index contributed by atoms with van der Waals surface area (Å²) in [6, 6.07) is 0.327. The van der Waals surface area contributed by atoms with Crippen molar-refractivity contribution in [1.29, 1.82) is 0 Å². The summed E-state index contributed by atoms with van der Waals surface area (Å²) in [4.78, 5) is 14.7.